The Morgan fingerprint density at radius 1 is 0.373 bits per heavy atom. The first-order chi connectivity index (χ1) is 25.3. The van der Waals surface area contributed by atoms with Crippen LogP contribution in [-0.2, 0) is 0 Å². The Balaban J connectivity index is 1.02. The van der Waals surface area contributed by atoms with Crippen LogP contribution in [0.3, 0.4) is 0 Å². The molecule has 0 N–H and O–H groups in total. The molecule has 51 heavy (non-hydrogen) atoms. The molecule has 1 aliphatic heterocycles. The summed E-state index contributed by atoms with van der Waals surface area (Å²) in [5.41, 5.74) is 13.8. The molecule has 8 aromatic carbocycles. The molecule has 0 aliphatic carbocycles. The van der Waals surface area contributed by atoms with Crippen molar-refractivity contribution in [2.75, 3.05) is 4.90 Å². The number of aromatic nitrogens is 1. The maximum absolute atomic E-state index is 6.46. The first-order valence-corrected chi connectivity index (χ1v) is 17.4. The van der Waals surface area contributed by atoms with Crippen molar-refractivity contribution < 1.29 is 4.74 Å². The summed E-state index contributed by atoms with van der Waals surface area (Å²) in [5, 5.41) is 2.44. The standard InChI is InChI=1S/C48H32N2O/c1-3-12-34(13-4-1)40-16-7-8-17-41(40)35-24-29-39(30-25-35)49(37-14-5-2-6-15-37)38-27-22-33(23-28-38)36-26-31-46-45(32-36)50-44-20-10-9-18-42(44)43-19-11-21-47(51-46)48(43)50/h1-32H. The highest BCUT2D eigenvalue weighted by molar-refractivity contribution is 6.12. The van der Waals surface area contributed by atoms with Crippen LogP contribution in [-0.4, -0.2) is 4.57 Å². The van der Waals surface area contributed by atoms with Gasteiger partial charge in [0.1, 0.15) is 0 Å². The van der Waals surface area contributed by atoms with Crippen molar-refractivity contribution in [2.45, 2.75) is 0 Å². The predicted octanol–water partition coefficient (Wildman–Crippen LogP) is 13.4. The third kappa shape index (κ3) is 4.90. The lowest BCUT2D eigenvalue weighted by molar-refractivity contribution is 0.476. The summed E-state index contributed by atoms with van der Waals surface area (Å²) in [7, 11) is 0. The zero-order chi connectivity index (χ0) is 33.7. The minimum Gasteiger partial charge on any atom is -0.453 e. The molecule has 0 saturated heterocycles. The number of fused-ring (bicyclic) bond motifs is 5. The number of nitrogens with zero attached hydrogens (tertiary/aromatic N) is 2. The molecule has 3 heteroatoms. The van der Waals surface area contributed by atoms with Crippen molar-refractivity contribution in [2.24, 2.45) is 0 Å². The fraction of sp³-hybridized carbons (Fsp3) is 0. The molecule has 0 bridgehead atoms. The van der Waals surface area contributed by atoms with E-state index < -0.39 is 0 Å². The van der Waals surface area contributed by atoms with Crippen molar-refractivity contribution >= 4 is 38.9 Å². The van der Waals surface area contributed by atoms with Gasteiger partial charge in [0.25, 0.3) is 0 Å². The molecular weight excluding hydrogens is 621 g/mol. The maximum atomic E-state index is 6.46. The first-order valence-electron chi connectivity index (χ1n) is 17.4. The van der Waals surface area contributed by atoms with E-state index >= 15 is 0 Å². The monoisotopic (exact) mass is 652 g/mol. The first kappa shape index (κ1) is 29.1. The van der Waals surface area contributed by atoms with Crippen LogP contribution < -0.4 is 9.64 Å². The van der Waals surface area contributed by atoms with Crippen LogP contribution in [0.5, 0.6) is 11.5 Å². The topological polar surface area (TPSA) is 17.4 Å². The molecule has 0 unspecified atom stereocenters. The lowest BCUT2D eigenvalue weighted by Crippen LogP contribution is -2.09. The van der Waals surface area contributed by atoms with Crippen LogP contribution in [0.15, 0.2) is 194 Å². The number of benzene rings is 8. The van der Waals surface area contributed by atoms with E-state index in [4.69, 9.17) is 4.74 Å². The Morgan fingerprint density at radius 2 is 0.922 bits per heavy atom. The van der Waals surface area contributed by atoms with Gasteiger partial charge in [-0.15, -0.1) is 0 Å². The number of ether oxygens (including phenoxy) is 1. The second-order valence-corrected chi connectivity index (χ2v) is 13.0. The third-order valence-corrected chi connectivity index (χ3v) is 10.00. The largest absolute Gasteiger partial charge is 0.453 e. The summed E-state index contributed by atoms with van der Waals surface area (Å²) in [6, 6.07) is 69.0. The minimum absolute atomic E-state index is 0.863. The number of hydrogen-bond acceptors (Lipinski definition) is 2. The summed E-state index contributed by atoms with van der Waals surface area (Å²) >= 11 is 0. The lowest BCUT2D eigenvalue weighted by Gasteiger charge is -2.26. The van der Waals surface area contributed by atoms with E-state index in [1.807, 2.05) is 0 Å². The molecule has 0 radical (unpaired) electrons. The summed E-state index contributed by atoms with van der Waals surface area (Å²) in [6.45, 7) is 0. The van der Waals surface area contributed by atoms with E-state index in [1.54, 1.807) is 0 Å². The average molecular weight is 653 g/mol. The van der Waals surface area contributed by atoms with Gasteiger partial charge in [-0.05, 0) is 94.0 Å². The van der Waals surface area contributed by atoms with Gasteiger partial charge in [-0.3, -0.25) is 0 Å². The van der Waals surface area contributed by atoms with E-state index in [9.17, 15) is 0 Å². The Morgan fingerprint density at radius 3 is 1.65 bits per heavy atom. The Kier molecular flexibility index (Phi) is 6.81. The van der Waals surface area contributed by atoms with Gasteiger partial charge in [0.05, 0.1) is 16.7 Å². The molecule has 10 rings (SSSR count). The van der Waals surface area contributed by atoms with Gasteiger partial charge in [-0.1, -0.05) is 133 Å². The van der Waals surface area contributed by atoms with Gasteiger partial charge >= 0.3 is 0 Å². The second kappa shape index (κ2) is 11.9. The summed E-state index contributed by atoms with van der Waals surface area (Å²) in [6.07, 6.45) is 0. The summed E-state index contributed by atoms with van der Waals surface area (Å²) in [4.78, 5) is 2.32. The number of para-hydroxylation sites is 3. The van der Waals surface area contributed by atoms with Gasteiger partial charge in [0, 0.05) is 27.8 Å². The van der Waals surface area contributed by atoms with Gasteiger partial charge < -0.3 is 14.2 Å². The fourth-order valence-corrected chi connectivity index (χ4v) is 7.62. The van der Waals surface area contributed by atoms with E-state index in [1.165, 1.54) is 38.5 Å². The molecule has 9 aromatic rings. The quantitative estimate of drug-likeness (QED) is 0.178. The third-order valence-electron chi connectivity index (χ3n) is 10.00. The molecule has 0 spiro atoms. The highest BCUT2D eigenvalue weighted by Crippen LogP contribution is 2.46. The molecule has 2 heterocycles. The Hall–Kier alpha value is -6.84. The zero-order valence-corrected chi connectivity index (χ0v) is 27.8. The Labute approximate surface area is 296 Å². The van der Waals surface area contributed by atoms with Crippen LogP contribution in [0.4, 0.5) is 17.1 Å². The van der Waals surface area contributed by atoms with Crippen molar-refractivity contribution in [1.29, 1.82) is 0 Å². The van der Waals surface area contributed by atoms with E-state index in [0.29, 0.717) is 0 Å². The molecule has 1 aliphatic rings. The Bertz CT molecular complexity index is 2690. The fourth-order valence-electron chi connectivity index (χ4n) is 7.62. The van der Waals surface area contributed by atoms with Crippen molar-refractivity contribution in [3.8, 4) is 50.6 Å². The van der Waals surface area contributed by atoms with Gasteiger partial charge in [-0.25, -0.2) is 0 Å². The average Bonchev–Trinajstić information content (AvgIpc) is 3.55. The van der Waals surface area contributed by atoms with Crippen LogP contribution in [0.2, 0.25) is 0 Å². The summed E-state index contributed by atoms with van der Waals surface area (Å²) < 4.78 is 8.81. The number of hydrogen-bond donors (Lipinski definition) is 0. The van der Waals surface area contributed by atoms with Gasteiger partial charge in [0.2, 0.25) is 0 Å². The van der Waals surface area contributed by atoms with Crippen LogP contribution in [0.1, 0.15) is 0 Å². The van der Waals surface area contributed by atoms with Crippen molar-refractivity contribution in [3.63, 3.8) is 0 Å². The highest BCUT2D eigenvalue weighted by atomic mass is 16.5. The highest BCUT2D eigenvalue weighted by Gasteiger charge is 2.24. The molecule has 0 fully saturated rings. The van der Waals surface area contributed by atoms with Crippen molar-refractivity contribution in [3.05, 3.63) is 194 Å². The van der Waals surface area contributed by atoms with Crippen molar-refractivity contribution in [1.82, 2.24) is 4.57 Å². The zero-order valence-electron chi connectivity index (χ0n) is 27.8. The van der Waals surface area contributed by atoms with Gasteiger partial charge in [0.15, 0.2) is 11.5 Å². The number of anilines is 3. The van der Waals surface area contributed by atoms with Crippen LogP contribution in [0.25, 0.3) is 60.9 Å². The maximum Gasteiger partial charge on any atom is 0.152 e. The second-order valence-electron chi connectivity index (χ2n) is 13.0. The molecule has 240 valence electrons. The van der Waals surface area contributed by atoms with Crippen LogP contribution >= 0.6 is 0 Å². The molecule has 0 amide bonds. The number of rotatable bonds is 6. The van der Waals surface area contributed by atoms with Crippen LogP contribution in [0, 0.1) is 0 Å². The lowest BCUT2D eigenvalue weighted by atomic mass is 9.94. The molecular formula is C48H32N2O. The minimum atomic E-state index is 0.863. The normalized spacial score (nSPS) is 11.7. The SMILES string of the molecule is c1ccc(-c2ccccc2-c2ccc(N(c3ccccc3)c3ccc(-c4ccc5c(c4)-n4c6ccccc6c6cccc(c64)O5)cc3)cc2)cc1. The van der Waals surface area contributed by atoms with Gasteiger partial charge in [-0.2, -0.15) is 0 Å². The smallest absolute Gasteiger partial charge is 0.152 e. The van der Waals surface area contributed by atoms with E-state index in [2.05, 4.69) is 204 Å². The van der Waals surface area contributed by atoms with E-state index in [0.717, 1.165) is 50.9 Å². The summed E-state index contributed by atoms with van der Waals surface area (Å²) in [5.74, 6) is 1.75. The predicted molar refractivity (Wildman–Crippen MR) is 212 cm³/mol. The van der Waals surface area contributed by atoms with E-state index in [-0.39, 0.29) is 0 Å². The molecule has 3 nitrogen and oxygen atoms in total. The molecule has 0 saturated carbocycles. The molecule has 0 atom stereocenters. The molecule has 1 aromatic heterocycles.